The Morgan fingerprint density at radius 1 is 1.00 bits per heavy atom. The maximum Gasteiger partial charge on any atom is 0.264 e. The van der Waals surface area contributed by atoms with Crippen LogP contribution in [0.2, 0.25) is 0 Å². The summed E-state index contributed by atoms with van der Waals surface area (Å²) in [5.41, 5.74) is 6.03. The summed E-state index contributed by atoms with van der Waals surface area (Å²) in [6, 6.07) is 23.8. The van der Waals surface area contributed by atoms with Gasteiger partial charge in [-0.25, -0.2) is 4.98 Å². The van der Waals surface area contributed by atoms with Crippen molar-refractivity contribution >= 4 is 22.4 Å². The van der Waals surface area contributed by atoms with E-state index in [0.29, 0.717) is 36.8 Å². The highest BCUT2D eigenvalue weighted by Crippen LogP contribution is 2.38. The third-order valence-corrected chi connectivity index (χ3v) is 8.14. The van der Waals surface area contributed by atoms with Gasteiger partial charge in [-0.05, 0) is 56.0 Å². The topological polar surface area (TPSA) is 92.7 Å². The van der Waals surface area contributed by atoms with Crippen molar-refractivity contribution in [2.45, 2.75) is 45.4 Å². The van der Waals surface area contributed by atoms with Gasteiger partial charge in [0.05, 0.1) is 36.9 Å². The maximum atomic E-state index is 12.4. The van der Waals surface area contributed by atoms with Crippen molar-refractivity contribution in [1.29, 1.82) is 0 Å². The van der Waals surface area contributed by atoms with Crippen LogP contribution in [0.3, 0.4) is 0 Å². The molecule has 1 aliphatic rings. The Bertz CT molecular complexity index is 1800. The molecule has 220 valence electrons. The first kappa shape index (κ1) is 28.4. The van der Waals surface area contributed by atoms with Gasteiger partial charge in [-0.2, -0.15) is 4.98 Å². The molecule has 2 aromatic heterocycles. The number of hydrogen-bond acceptors (Lipinski definition) is 7. The Kier molecular flexibility index (Phi) is 7.82. The summed E-state index contributed by atoms with van der Waals surface area (Å²) in [7, 11) is 4.80. The van der Waals surface area contributed by atoms with E-state index in [1.54, 1.807) is 14.2 Å². The number of fused-ring (bicyclic) bond motifs is 2. The molecule has 5 aromatic rings. The first-order chi connectivity index (χ1) is 20.9. The molecule has 1 atom stereocenters. The molecule has 3 aromatic carbocycles. The second-order valence-corrected chi connectivity index (χ2v) is 11.0. The summed E-state index contributed by atoms with van der Waals surface area (Å²) in [4.78, 5) is 24.8. The van der Waals surface area contributed by atoms with Gasteiger partial charge in [-0.1, -0.05) is 36.4 Å². The molecule has 43 heavy (non-hydrogen) atoms. The van der Waals surface area contributed by atoms with Crippen LogP contribution in [-0.2, 0) is 19.5 Å². The van der Waals surface area contributed by atoms with E-state index in [4.69, 9.17) is 19.4 Å². The fourth-order valence-electron chi connectivity index (χ4n) is 6.05. The molecule has 2 heterocycles. The van der Waals surface area contributed by atoms with Crippen molar-refractivity contribution in [2.24, 2.45) is 0 Å². The number of hydrogen-bond donors (Lipinski definition) is 1. The highest BCUT2D eigenvalue weighted by atomic mass is 16.5. The number of benzene rings is 3. The Balaban J connectivity index is 1.56. The van der Waals surface area contributed by atoms with Gasteiger partial charge in [0.15, 0.2) is 7.05 Å². The molecule has 0 fully saturated rings. The summed E-state index contributed by atoms with van der Waals surface area (Å²) in [5.74, 6) is 2.69. The lowest BCUT2D eigenvalue weighted by molar-refractivity contribution is -0.426. The molecule has 0 radical (unpaired) electrons. The third-order valence-electron chi connectivity index (χ3n) is 8.14. The van der Waals surface area contributed by atoms with Crippen molar-refractivity contribution in [3.05, 3.63) is 106 Å². The fraction of sp³-hybridized carbons (Fsp3) is 0.294. The van der Waals surface area contributed by atoms with Gasteiger partial charge in [0, 0.05) is 51.7 Å². The van der Waals surface area contributed by atoms with E-state index in [2.05, 4.69) is 17.0 Å². The fourth-order valence-corrected chi connectivity index (χ4v) is 6.05. The average Bonchev–Trinajstić information content (AvgIpc) is 3.36. The molecule has 1 N–H and O–H groups in total. The van der Waals surface area contributed by atoms with Gasteiger partial charge in [-0.15, -0.1) is 0 Å². The molecule has 1 unspecified atom stereocenters. The molecule has 0 spiro atoms. The van der Waals surface area contributed by atoms with Crippen molar-refractivity contribution < 1.29 is 19.3 Å². The van der Waals surface area contributed by atoms with E-state index >= 15 is 0 Å². The number of rotatable bonds is 9. The normalized spacial score (nSPS) is 14.4. The van der Waals surface area contributed by atoms with E-state index in [1.807, 2.05) is 72.2 Å². The standard InChI is InChI=1S/C34H36N5O4/c1-22-18-27-28(37(2)41)13-9-14-29(27)39(22)34-35-32-26(12-8-15-30(32)40)33(36-34)38(20-23-10-6-5-7-11-23)21-24-16-17-25(42-3)19-31(24)43-4/h5-7,9-11,13-14,16-19,30,40H,8,12,15,20-21H2,1-4H3/q+1. The molecule has 0 aliphatic heterocycles. The van der Waals surface area contributed by atoms with Crippen LogP contribution in [0.25, 0.3) is 16.9 Å². The number of nitroso groups, excluding NO2 is 1. The first-order valence-corrected chi connectivity index (χ1v) is 14.5. The number of anilines is 1. The second-order valence-electron chi connectivity index (χ2n) is 11.0. The zero-order chi connectivity index (χ0) is 30.1. The number of aliphatic hydroxyl groups excluding tert-OH is 1. The van der Waals surface area contributed by atoms with Crippen molar-refractivity contribution in [3.8, 4) is 17.4 Å². The molecule has 0 saturated heterocycles. The van der Waals surface area contributed by atoms with Crippen molar-refractivity contribution in [2.75, 3.05) is 26.2 Å². The molecule has 0 bridgehead atoms. The number of nitrogens with zero attached hydrogens (tertiary/aromatic N) is 5. The number of ether oxygens (including phenoxy) is 2. The van der Waals surface area contributed by atoms with Crippen molar-refractivity contribution in [3.63, 3.8) is 0 Å². The summed E-state index contributed by atoms with van der Waals surface area (Å²) in [5, 5.41) is 12.0. The lowest BCUT2D eigenvalue weighted by atomic mass is 9.93. The highest BCUT2D eigenvalue weighted by molar-refractivity contribution is 5.91. The van der Waals surface area contributed by atoms with Crippen molar-refractivity contribution in [1.82, 2.24) is 14.5 Å². The van der Waals surface area contributed by atoms with Crippen LogP contribution in [0.1, 0.15) is 47.0 Å². The predicted octanol–water partition coefficient (Wildman–Crippen LogP) is 6.36. The van der Waals surface area contributed by atoms with Gasteiger partial charge in [0.1, 0.15) is 17.3 Å². The smallest absolute Gasteiger partial charge is 0.264 e. The largest absolute Gasteiger partial charge is 0.497 e. The number of methoxy groups -OCH3 is 2. The average molecular weight is 579 g/mol. The van der Waals surface area contributed by atoms with Crippen LogP contribution in [-0.4, -0.2) is 45.7 Å². The SMILES string of the molecule is COc1ccc(CN(Cc2ccccc2)c2nc(-n3c(C)cc4c([N+](C)=O)cccc43)nc3c2CCCC3O)c(OC)c1. The number of aryl methyl sites for hydroxylation is 1. The van der Waals surface area contributed by atoms with Crippen LogP contribution in [0, 0.1) is 11.8 Å². The summed E-state index contributed by atoms with van der Waals surface area (Å²) in [6.45, 7) is 3.08. The third kappa shape index (κ3) is 5.44. The molecular formula is C34H36N5O4+. The molecule has 9 nitrogen and oxygen atoms in total. The van der Waals surface area contributed by atoms with E-state index in [0.717, 1.165) is 68.2 Å². The van der Waals surface area contributed by atoms with E-state index in [1.165, 1.54) is 7.05 Å². The Labute approximate surface area is 250 Å². The molecule has 9 heteroatoms. The lowest BCUT2D eigenvalue weighted by Crippen LogP contribution is -2.28. The van der Waals surface area contributed by atoms with Crippen LogP contribution in [0.5, 0.6) is 11.5 Å². The minimum Gasteiger partial charge on any atom is -0.497 e. The zero-order valence-corrected chi connectivity index (χ0v) is 24.9. The van der Waals surface area contributed by atoms with Crippen LogP contribution < -0.4 is 14.4 Å². The molecule has 0 amide bonds. The monoisotopic (exact) mass is 578 g/mol. The van der Waals surface area contributed by atoms with Crippen LogP contribution >= 0.6 is 0 Å². The van der Waals surface area contributed by atoms with Gasteiger partial charge < -0.3 is 19.5 Å². The highest BCUT2D eigenvalue weighted by Gasteiger charge is 2.29. The molecule has 1 aliphatic carbocycles. The zero-order valence-electron chi connectivity index (χ0n) is 24.9. The van der Waals surface area contributed by atoms with Gasteiger partial charge in [0.2, 0.25) is 5.95 Å². The second kappa shape index (κ2) is 11.9. The maximum absolute atomic E-state index is 12.4. The lowest BCUT2D eigenvalue weighted by Gasteiger charge is -2.31. The molecular weight excluding hydrogens is 542 g/mol. The Morgan fingerprint density at radius 3 is 2.56 bits per heavy atom. The summed E-state index contributed by atoms with van der Waals surface area (Å²) in [6.07, 6.45) is 1.57. The minimum absolute atomic E-state index is 0.465. The Morgan fingerprint density at radius 2 is 1.81 bits per heavy atom. The van der Waals surface area contributed by atoms with Crippen LogP contribution in [0.15, 0.2) is 72.8 Å². The van der Waals surface area contributed by atoms with Crippen LogP contribution in [0.4, 0.5) is 11.5 Å². The van der Waals surface area contributed by atoms with E-state index < -0.39 is 6.10 Å². The first-order valence-electron chi connectivity index (χ1n) is 14.5. The van der Waals surface area contributed by atoms with Gasteiger partial charge >= 0.3 is 0 Å². The minimum atomic E-state index is -0.691. The van der Waals surface area contributed by atoms with E-state index in [9.17, 15) is 10.0 Å². The quantitative estimate of drug-likeness (QED) is 0.203. The van der Waals surface area contributed by atoms with E-state index in [-0.39, 0.29) is 0 Å². The number of aliphatic hydroxyl groups is 1. The predicted molar refractivity (Wildman–Crippen MR) is 167 cm³/mol. The summed E-state index contributed by atoms with van der Waals surface area (Å²) >= 11 is 0. The number of aromatic nitrogens is 3. The Hall–Kier alpha value is -4.76. The molecule has 6 rings (SSSR count). The summed E-state index contributed by atoms with van der Waals surface area (Å²) < 4.78 is 14.1. The van der Waals surface area contributed by atoms with Gasteiger partial charge in [-0.3, -0.25) is 4.57 Å². The van der Waals surface area contributed by atoms with Gasteiger partial charge in [0.25, 0.3) is 5.69 Å². The molecule has 0 saturated carbocycles.